The molecule has 0 aliphatic rings. The van der Waals surface area contributed by atoms with Crippen LogP contribution in [0.5, 0.6) is 0 Å². The van der Waals surface area contributed by atoms with Crippen molar-refractivity contribution in [3.8, 4) is 0 Å². The molecule has 1 heterocycles. The maximum Gasteiger partial charge on any atom is 0.270 e. The number of hydrogen-bond donors (Lipinski definition) is 1. The van der Waals surface area contributed by atoms with Gasteiger partial charge in [-0.2, -0.15) is 0 Å². The van der Waals surface area contributed by atoms with E-state index in [4.69, 9.17) is 0 Å². The fourth-order valence-corrected chi connectivity index (χ4v) is 2.07. The van der Waals surface area contributed by atoms with Crippen molar-refractivity contribution in [1.82, 2.24) is 14.9 Å². The van der Waals surface area contributed by atoms with Crippen molar-refractivity contribution in [2.45, 2.75) is 19.9 Å². The third-order valence-electron chi connectivity index (χ3n) is 3.31. The van der Waals surface area contributed by atoms with E-state index in [1.165, 1.54) is 18.2 Å². The summed E-state index contributed by atoms with van der Waals surface area (Å²) in [4.78, 5) is 26.1. The van der Waals surface area contributed by atoms with Gasteiger partial charge in [-0.05, 0) is 25.0 Å². The lowest BCUT2D eigenvalue weighted by atomic mass is 10.2. The minimum atomic E-state index is -0.463. The monoisotopic (exact) mass is 314 g/mol. The number of aromatic nitrogens is 2. The molecule has 0 bridgehead atoms. The van der Waals surface area contributed by atoms with Gasteiger partial charge in [-0.15, -0.1) is 0 Å². The normalized spacial score (nSPS) is 10.8. The van der Waals surface area contributed by atoms with Gasteiger partial charge in [0.2, 0.25) is 5.91 Å². The predicted octanol–water partition coefficient (Wildman–Crippen LogP) is 2.32. The Kier molecular flexibility index (Phi) is 5.62. The molecule has 0 aliphatic carbocycles. The number of rotatable bonds is 7. The molecule has 1 N–H and O–H groups in total. The van der Waals surface area contributed by atoms with Crippen LogP contribution in [-0.2, 0) is 11.3 Å². The largest absolute Gasteiger partial charge is 0.352 e. The molecule has 1 amide bonds. The van der Waals surface area contributed by atoms with Crippen LogP contribution < -0.4 is 5.32 Å². The van der Waals surface area contributed by atoms with Crippen molar-refractivity contribution in [3.05, 3.63) is 64.2 Å². The van der Waals surface area contributed by atoms with Gasteiger partial charge in [0.05, 0.1) is 4.92 Å². The summed E-state index contributed by atoms with van der Waals surface area (Å²) in [7, 11) is 0. The molecule has 23 heavy (non-hydrogen) atoms. The molecule has 2 aromatic rings. The Balaban J connectivity index is 1.77. The van der Waals surface area contributed by atoms with Crippen LogP contribution in [0.25, 0.3) is 6.08 Å². The molecule has 7 nitrogen and oxygen atoms in total. The first-order valence-electron chi connectivity index (χ1n) is 7.24. The first kappa shape index (κ1) is 16.4. The van der Waals surface area contributed by atoms with Gasteiger partial charge >= 0.3 is 0 Å². The fourth-order valence-electron chi connectivity index (χ4n) is 2.07. The molecular formula is C16H18N4O3. The summed E-state index contributed by atoms with van der Waals surface area (Å²) in [6.45, 7) is 3.27. The van der Waals surface area contributed by atoms with Crippen molar-refractivity contribution in [1.29, 1.82) is 0 Å². The molecule has 2 rings (SSSR count). The lowest BCUT2D eigenvalue weighted by molar-refractivity contribution is -0.384. The molecule has 0 atom stereocenters. The van der Waals surface area contributed by atoms with E-state index in [2.05, 4.69) is 10.3 Å². The standard InChI is InChI=1S/C16H18N4O3/c1-13-17-9-11-19(13)10-3-8-18-16(21)7-6-14-4-2-5-15(12-14)20(22)23/h2,4-7,9,11-12H,3,8,10H2,1H3,(H,18,21). The van der Waals surface area contributed by atoms with Crippen LogP contribution in [-0.4, -0.2) is 26.9 Å². The summed E-state index contributed by atoms with van der Waals surface area (Å²) >= 11 is 0. The predicted molar refractivity (Wildman–Crippen MR) is 86.7 cm³/mol. The van der Waals surface area contributed by atoms with E-state index in [1.54, 1.807) is 24.4 Å². The highest BCUT2D eigenvalue weighted by Gasteiger charge is 2.04. The van der Waals surface area contributed by atoms with Crippen molar-refractivity contribution in [2.24, 2.45) is 0 Å². The number of nitro groups is 1. The van der Waals surface area contributed by atoms with E-state index in [9.17, 15) is 14.9 Å². The Labute approximate surface area is 133 Å². The third-order valence-corrected chi connectivity index (χ3v) is 3.31. The summed E-state index contributed by atoms with van der Waals surface area (Å²) in [5.74, 6) is 0.723. The van der Waals surface area contributed by atoms with Crippen molar-refractivity contribution in [3.63, 3.8) is 0 Å². The van der Waals surface area contributed by atoms with Crippen LogP contribution in [0.3, 0.4) is 0 Å². The molecule has 0 fully saturated rings. The number of imidazole rings is 1. The van der Waals surface area contributed by atoms with Crippen LogP contribution in [0, 0.1) is 17.0 Å². The van der Waals surface area contributed by atoms with Crippen LogP contribution in [0.1, 0.15) is 17.8 Å². The number of nitrogens with one attached hydrogen (secondary N) is 1. The van der Waals surface area contributed by atoms with E-state index in [0.29, 0.717) is 12.1 Å². The summed E-state index contributed by atoms with van der Waals surface area (Å²) in [5.41, 5.74) is 0.617. The van der Waals surface area contributed by atoms with E-state index in [1.807, 2.05) is 17.7 Å². The number of nitro benzene ring substituents is 1. The van der Waals surface area contributed by atoms with Crippen molar-refractivity contribution >= 4 is 17.7 Å². The minimum Gasteiger partial charge on any atom is -0.352 e. The molecule has 120 valence electrons. The van der Waals surface area contributed by atoms with Crippen LogP contribution >= 0.6 is 0 Å². The zero-order valence-corrected chi connectivity index (χ0v) is 12.8. The van der Waals surface area contributed by atoms with Crippen molar-refractivity contribution < 1.29 is 9.72 Å². The van der Waals surface area contributed by atoms with Gasteiger partial charge in [-0.25, -0.2) is 4.98 Å². The van der Waals surface area contributed by atoms with E-state index in [-0.39, 0.29) is 11.6 Å². The zero-order valence-electron chi connectivity index (χ0n) is 12.8. The average molecular weight is 314 g/mol. The Bertz CT molecular complexity index is 722. The summed E-state index contributed by atoms with van der Waals surface area (Å²) < 4.78 is 2.02. The lowest BCUT2D eigenvalue weighted by Crippen LogP contribution is -2.23. The van der Waals surface area contributed by atoms with Crippen LogP contribution in [0.2, 0.25) is 0 Å². The smallest absolute Gasteiger partial charge is 0.270 e. The number of amides is 1. The van der Waals surface area contributed by atoms with Gasteiger partial charge in [-0.3, -0.25) is 14.9 Å². The molecule has 1 aromatic heterocycles. The van der Waals surface area contributed by atoms with Gasteiger partial charge in [0, 0.05) is 43.7 Å². The summed E-state index contributed by atoms with van der Waals surface area (Å²) in [6, 6.07) is 6.13. The molecule has 7 heteroatoms. The minimum absolute atomic E-state index is 0.00302. The van der Waals surface area contributed by atoms with Crippen molar-refractivity contribution in [2.75, 3.05) is 6.54 Å². The highest BCUT2D eigenvalue weighted by atomic mass is 16.6. The Hall–Kier alpha value is -2.96. The number of hydrogen-bond acceptors (Lipinski definition) is 4. The second kappa shape index (κ2) is 7.88. The highest BCUT2D eigenvalue weighted by molar-refractivity contribution is 5.91. The molecule has 0 saturated carbocycles. The Morgan fingerprint density at radius 1 is 1.48 bits per heavy atom. The lowest BCUT2D eigenvalue weighted by Gasteiger charge is -2.05. The van der Waals surface area contributed by atoms with Gasteiger partial charge in [0.15, 0.2) is 0 Å². The first-order valence-corrected chi connectivity index (χ1v) is 7.24. The SMILES string of the molecule is Cc1nccn1CCCNC(=O)C=Cc1cccc([N+](=O)[O-])c1. The quantitative estimate of drug-likeness (QED) is 0.367. The number of carbonyl (C=O) groups is 1. The van der Waals surface area contributed by atoms with Gasteiger partial charge < -0.3 is 9.88 Å². The number of carbonyl (C=O) groups excluding carboxylic acids is 1. The molecular weight excluding hydrogens is 296 g/mol. The summed E-state index contributed by atoms with van der Waals surface area (Å²) in [5, 5.41) is 13.5. The molecule has 1 aromatic carbocycles. The molecule has 0 radical (unpaired) electrons. The van der Waals surface area contributed by atoms with Gasteiger partial charge in [0.1, 0.15) is 5.82 Å². The fraction of sp³-hybridized carbons (Fsp3) is 0.250. The second-order valence-electron chi connectivity index (χ2n) is 5.00. The maximum absolute atomic E-state index is 11.7. The molecule has 0 spiro atoms. The van der Waals surface area contributed by atoms with E-state index in [0.717, 1.165) is 18.8 Å². The topological polar surface area (TPSA) is 90.1 Å². The number of aryl methyl sites for hydroxylation is 2. The molecule has 0 aliphatic heterocycles. The second-order valence-corrected chi connectivity index (χ2v) is 5.00. The van der Waals surface area contributed by atoms with Gasteiger partial charge in [-0.1, -0.05) is 12.1 Å². The number of non-ortho nitro benzene ring substituents is 1. The molecule has 0 unspecified atom stereocenters. The van der Waals surface area contributed by atoms with Gasteiger partial charge in [0.25, 0.3) is 5.69 Å². The highest BCUT2D eigenvalue weighted by Crippen LogP contribution is 2.13. The molecule has 0 saturated heterocycles. The van der Waals surface area contributed by atoms with Crippen LogP contribution in [0.4, 0.5) is 5.69 Å². The average Bonchev–Trinajstić information content (AvgIpc) is 2.95. The number of benzene rings is 1. The zero-order chi connectivity index (χ0) is 16.7. The third kappa shape index (κ3) is 5.06. The van der Waals surface area contributed by atoms with E-state index < -0.39 is 4.92 Å². The Morgan fingerprint density at radius 3 is 3.00 bits per heavy atom. The number of nitrogens with zero attached hydrogens (tertiary/aromatic N) is 3. The summed E-state index contributed by atoms with van der Waals surface area (Å²) in [6.07, 6.45) is 7.38. The van der Waals surface area contributed by atoms with E-state index >= 15 is 0 Å². The van der Waals surface area contributed by atoms with Crippen LogP contribution in [0.15, 0.2) is 42.7 Å². The first-order chi connectivity index (χ1) is 11.1. The maximum atomic E-state index is 11.7. The Morgan fingerprint density at radius 2 is 2.30 bits per heavy atom.